The van der Waals surface area contributed by atoms with Gasteiger partial charge in [0.2, 0.25) is 0 Å². The van der Waals surface area contributed by atoms with Crippen LogP contribution in [0.5, 0.6) is 0 Å². The summed E-state index contributed by atoms with van der Waals surface area (Å²) in [7, 11) is 0. The minimum Gasteiger partial charge on any atom is -0.378 e. The lowest BCUT2D eigenvalue weighted by atomic mass is 9.95. The van der Waals surface area contributed by atoms with Crippen LogP contribution < -0.4 is 5.73 Å². The lowest BCUT2D eigenvalue weighted by molar-refractivity contribution is -0.123. The zero-order valence-corrected chi connectivity index (χ0v) is 9.16. The molecule has 3 nitrogen and oxygen atoms in total. The SMILES string of the molecule is CC(N)C(C)C(=O)CCC1CCCO1. The monoisotopic (exact) mass is 199 g/mol. The van der Waals surface area contributed by atoms with Crippen molar-refractivity contribution in [2.45, 2.75) is 51.7 Å². The molecule has 1 aliphatic rings. The van der Waals surface area contributed by atoms with E-state index >= 15 is 0 Å². The van der Waals surface area contributed by atoms with Crippen molar-refractivity contribution >= 4 is 5.78 Å². The highest BCUT2D eigenvalue weighted by Crippen LogP contribution is 2.18. The van der Waals surface area contributed by atoms with Crippen LogP contribution in [0.1, 0.15) is 39.5 Å². The van der Waals surface area contributed by atoms with Gasteiger partial charge in [0.05, 0.1) is 6.10 Å². The van der Waals surface area contributed by atoms with E-state index < -0.39 is 0 Å². The summed E-state index contributed by atoms with van der Waals surface area (Å²) in [6.07, 6.45) is 4.06. The van der Waals surface area contributed by atoms with Crippen LogP contribution in [-0.2, 0) is 9.53 Å². The molecule has 0 saturated carbocycles. The first kappa shape index (κ1) is 11.7. The van der Waals surface area contributed by atoms with E-state index in [-0.39, 0.29) is 17.7 Å². The predicted molar refractivity (Wildman–Crippen MR) is 56.0 cm³/mol. The van der Waals surface area contributed by atoms with Gasteiger partial charge in [0.25, 0.3) is 0 Å². The fraction of sp³-hybridized carbons (Fsp3) is 0.909. The number of carbonyl (C=O) groups excluding carboxylic acids is 1. The lowest BCUT2D eigenvalue weighted by Crippen LogP contribution is -2.30. The minimum atomic E-state index is -0.0352. The maximum atomic E-state index is 11.6. The summed E-state index contributed by atoms with van der Waals surface area (Å²) >= 11 is 0. The molecule has 0 aromatic rings. The zero-order valence-electron chi connectivity index (χ0n) is 9.16. The molecule has 0 bridgehead atoms. The molecule has 3 heteroatoms. The Kier molecular flexibility index (Phi) is 4.55. The number of hydrogen-bond acceptors (Lipinski definition) is 3. The molecule has 3 atom stereocenters. The zero-order chi connectivity index (χ0) is 10.6. The molecule has 0 amide bonds. The van der Waals surface area contributed by atoms with Gasteiger partial charge in [-0.3, -0.25) is 4.79 Å². The van der Waals surface area contributed by atoms with Crippen LogP contribution in [0.15, 0.2) is 0 Å². The maximum absolute atomic E-state index is 11.6. The Morgan fingerprint density at radius 3 is 2.79 bits per heavy atom. The molecule has 0 aliphatic carbocycles. The first-order valence-corrected chi connectivity index (χ1v) is 5.51. The second-order valence-corrected chi connectivity index (χ2v) is 4.29. The van der Waals surface area contributed by atoms with E-state index in [1.165, 1.54) is 0 Å². The van der Waals surface area contributed by atoms with Crippen LogP contribution in [0.2, 0.25) is 0 Å². The van der Waals surface area contributed by atoms with Gasteiger partial charge < -0.3 is 10.5 Å². The fourth-order valence-electron chi connectivity index (χ4n) is 1.70. The summed E-state index contributed by atoms with van der Waals surface area (Å²) in [4.78, 5) is 11.6. The molecule has 1 rings (SSSR count). The van der Waals surface area contributed by atoms with E-state index in [4.69, 9.17) is 10.5 Å². The molecular weight excluding hydrogens is 178 g/mol. The number of Topliss-reactive ketones (excluding diaryl/α,β-unsaturated/α-hetero) is 1. The van der Waals surface area contributed by atoms with Crippen LogP contribution in [0.25, 0.3) is 0 Å². The van der Waals surface area contributed by atoms with Gasteiger partial charge in [-0.05, 0) is 26.2 Å². The van der Waals surface area contributed by atoms with Gasteiger partial charge in [0.15, 0.2) is 0 Å². The summed E-state index contributed by atoms with van der Waals surface area (Å²) in [5, 5.41) is 0. The van der Waals surface area contributed by atoms with Crippen LogP contribution in [0.3, 0.4) is 0 Å². The molecular formula is C11H21NO2. The van der Waals surface area contributed by atoms with E-state index in [0.29, 0.717) is 12.5 Å². The average molecular weight is 199 g/mol. The van der Waals surface area contributed by atoms with Crippen molar-refractivity contribution in [3.05, 3.63) is 0 Å². The van der Waals surface area contributed by atoms with Crippen LogP contribution in [-0.4, -0.2) is 24.5 Å². The average Bonchev–Trinajstić information content (AvgIpc) is 2.65. The Labute approximate surface area is 86.0 Å². The van der Waals surface area contributed by atoms with Gasteiger partial charge in [0, 0.05) is 25.0 Å². The van der Waals surface area contributed by atoms with Crippen LogP contribution >= 0.6 is 0 Å². The van der Waals surface area contributed by atoms with Crippen molar-refractivity contribution in [1.29, 1.82) is 0 Å². The Morgan fingerprint density at radius 1 is 1.57 bits per heavy atom. The molecule has 0 radical (unpaired) electrons. The van der Waals surface area contributed by atoms with Crippen LogP contribution in [0, 0.1) is 5.92 Å². The molecule has 2 N–H and O–H groups in total. The van der Waals surface area contributed by atoms with Crippen molar-refractivity contribution in [1.82, 2.24) is 0 Å². The van der Waals surface area contributed by atoms with Gasteiger partial charge in [-0.25, -0.2) is 0 Å². The third-order valence-electron chi connectivity index (χ3n) is 3.03. The van der Waals surface area contributed by atoms with E-state index in [1.807, 2.05) is 13.8 Å². The standard InChI is InChI=1S/C11H21NO2/c1-8(9(2)12)11(13)6-5-10-4-3-7-14-10/h8-10H,3-7,12H2,1-2H3. The van der Waals surface area contributed by atoms with Crippen molar-refractivity contribution in [3.63, 3.8) is 0 Å². The number of hydrogen-bond donors (Lipinski definition) is 1. The molecule has 1 fully saturated rings. The number of nitrogens with two attached hydrogens (primary N) is 1. The van der Waals surface area contributed by atoms with Gasteiger partial charge in [0.1, 0.15) is 5.78 Å². The van der Waals surface area contributed by atoms with Gasteiger partial charge >= 0.3 is 0 Å². The van der Waals surface area contributed by atoms with Crippen molar-refractivity contribution < 1.29 is 9.53 Å². The second-order valence-electron chi connectivity index (χ2n) is 4.29. The summed E-state index contributed by atoms with van der Waals surface area (Å²) in [5.41, 5.74) is 5.67. The highest BCUT2D eigenvalue weighted by molar-refractivity contribution is 5.81. The smallest absolute Gasteiger partial charge is 0.137 e. The van der Waals surface area contributed by atoms with Gasteiger partial charge in [-0.1, -0.05) is 6.92 Å². The molecule has 14 heavy (non-hydrogen) atoms. The molecule has 1 saturated heterocycles. The second kappa shape index (κ2) is 5.47. The van der Waals surface area contributed by atoms with Crippen molar-refractivity contribution in [3.8, 4) is 0 Å². The summed E-state index contributed by atoms with van der Waals surface area (Å²) in [6, 6.07) is -0.0352. The number of carbonyl (C=O) groups is 1. The topological polar surface area (TPSA) is 52.3 Å². The van der Waals surface area contributed by atoms with E-state index in [1.54, 1.807) is 0 Å². The lowest BCUT2D eigenvalue weighted by Gasteiger charge is -2.15. The molecule has 1 aliphatic heterocycles. The normalized spacial score (nSPS) is 26.1. The maximum Gasteiger partial charge on any atom is 0.137 e. The summed E-state index contributed by atoms with van der Waals surface area (Å²) in [6.45, 7) is 4.65. The van der Waals surface area contributed by atoms with Crippen molar-refractivity contribution in [2.24, 2.45) is 11.7 Å². The quantitative estimate of drug-likeness (QED) is 0.730. The van der Waals surface area contributed by atoms with E-state index in [9.17, 15) is 4.79 Å². The van der Waals surface area contributed by atoms with Gasteiger partial charge in [-0.2, -0.15) is 0 Å². The fourth-order valence-corrected chi connectivity index (χ4v) is 1.70. The van der Waals surface area contributed by atoms with E-state index in [2.05, 4.69) is 0 Å². The molecule has 1 heterocycles. The van der Waals surface area contributed by atoms with E-state index in [0.717, 1.165) is 25.9 Å². The minimum absolute atomic E-state index is 0.0172. The highest BCUT2D eigenvalue weighted by atomic mass is 16.5. The van der Waals surface area contributed by atoms with Crippen LogP contribution in [0.4, 0.5) is 0 Å². The molecule has 0 aromatic heterocycles. The summed E-state index contributed by atoms with van der Waals surface area (Å²) in [5.74, 6) is 0.256. The Morgan fingerprint density at radius 2 is 2.29 bits per heavy atom. The Balaban J connectivity index is 2.19. The molecule has 3 unspecified atom stereocenters. The number of ether oxygens (including phenoxy) is 1. The predicted octanol–water partition coefficient (Wildman–Crippen LogP) is 1.50. The number of ketones is 1. The Hall–Kier alpha value is -0.410. The van der Waals surface area contributed by atoms with Crippen molar-refractivity contribution in [2.75, 3.05) is 6.61 Å². The Bertz CT molecular complexity index is 186. The molecule has 0 spiro atoms. The first-order chi connectivity index (χ1) is 6.61. The molecule has 0 aromatic carbocycles. The highest BCUT2D eigenvalue weighted by Gasteiger charge is 2.20. The third kappa shape index (κ3) is 3.39. The molecule has 82 valence electrons. The summed E-state index contributed by atoms with van der Waals surface area (Å²) < 4.78 is 5.46. The third-order valence-corrected chi connectivity index (χ3v) is 3.03. The number of rotatable bonds is 5. The first-order valence-electron chi connectivity index (χ1n) is 5.51. The van der Waals surface area contributed by atoms with Gasteiger partial charge in [-0.15, -0.1) is 0 Å². The largest absolute Gasteiger partial charge is 0.378 e.